The standard InChI is InChI=1S/C17H24IN3O2/c1-3-13(2)19-16(22)12-20-7-9-21(10-8-20)17(23)14-5-4-6-15(18)11-14/h4-6,11,13H,3,7-10,12H2,1-2H3,(H,19,22). The first-order valence-corrected chi connectivity index (χ1v) is 9.14. The van der Waals surface area contributed by atoms with Gasteiger partial charge >= 0.3 is 0 Å². The largest absolute Gasteiger partial charge is 0.353 e. The predicted molar refractivity (Wildman–Crippen MR) is 99.4 cm³/mol. The summed E-state index contributed by atoms with van der Waals surface area (Å²) in [7, 11) is 0. The van der Waals surface area contributed by atoms with Gasteiger partial charge in [0.25, 0.3) is 5.91 Å². The van der Waals surface area contributed by atoms with Crippen molar-refractivity contribution in [1.29, 1.82) is 0 Å². The number of halogens is 1. The van der Waals surface area contributed by atoms with Crippen LogP contribution < -0.4 is 5.32 Å². The lowest BCUT2D eigenvalue weighted by Crippen LogP contribution is -2.51. The van der Waals surface area contributed by atoms with E-state index in [0.29, 0.717) is 19.6 Å². The molecule has 1 N–H and O–H groups in total. The summed E-state index contributed by atoms with van der Waals surface area (Å²) < 4.78 is 1.06. The molecule has 1 unspecified atom stereocenters. The van der Waals surface area contributed by atoms with E-state index in [4.69, 9.17) is 0 Å². The van der Waals surface area contributed by atoms with Crippen LogP contribution in [0.3, 0.4) is 0 Å². The van der Waals surface area contributed by atoms with Gasteiger partial charge < -0.3 is 10.2 Å². The summed E-state index contributed by atoms with van der Waals surface area (Å²) in [5, 5.41) is 2.98. The second-order valence-corrected chi connectivity index (χ2v) is 7.20. The third-order valence-corrected chi connectivity index (χ3v) is 4.79. The monoisotopic (exact) mass is 429 g/mol. The summed E-state index contributed by atoms with van der Waals surface area (Å²) in [5.74, 6) is 0.143. The first-order chi connectivity index (χ1) is 11.0. The molecule has 1 atom stereocenters. The fraction of sp³-hybridized carbons (Fsp3) is 0.529. The smallest absolute Gasteiger partial charge is 0.253 e. The fourth-order valence-electron chi connectivity index (χ4n) is 2.54. The SMILES string of the molecule is CCC(C)NC(=O)CN1CCN(C(=O)c2cccc(I)c2)CC1. The van der Waals surface area contributed by atoms with Crippen LogP contribution in [0.4, 0.5) is 0 Å². The highest BCUT2D eigenvalue weighted by atomic mass is 127. The maximum absolute atomic E-state index is 12.5. The van der Waals surface area contributed by atoms with E-state index in [0.717, 1.165) is 28.6 Å². The van der Waals surface area contributed by atoms with Crippen LogP contribution in [0.1, 0.15) is 30.6 Å². The molecule has 1 aromatic rings. The molecule has 0 saturated carbocycles. The van der Waals surface area contributed by atoms with Crippen molar-refractivity contribution in [3.05, 3.63) is 33.4 Å². The van der Waals surface area contributed by atoms with E-state index in [9.17, 15) is 9.59 Å². The van der Waals surface area contributed by atoms with E-state index in [2.05, 4.69) is 39.7 Å². The zero-order chi connectivity index (χ0) is 16.8. The Bertz CT molecular complexity index is 557. The second-order valence-electron chi connectivity index (χ2n) is 5.96. The van der Waals surface area contributed by atoms with E-state index >= 15 is 0 Å². The van der Waals surface area contributed by atoms with Crippen LogP contribution in [0.2, 0.25) is 0 Å². The van der Waals surface area contributed by atoms with E-state index < -0.39 is 0 Å². The minimum atomic E-state index is 0.0664. The number of piperazine rings is 1. The van der Waals surface area contributed by atoms with Crippen molar-refractivity contribution in [2.45, 2.75) is 26.3 Å². The van der Waals surface area contributed by atoms with Crippen molar-refractivity contribution in [3.8, 4) is 0 Å². The molecule has 5 nitrogen and oxygen atoms in total. The number of rotatable bonds is 5. The second kappa shape index (κ2) is 8.63. The molecule has 1 heterocycles. The van der Waals surface area contributed by atoms with Gasteiger partial charge in [0, 0.05) is 41.4 Å². The van der Waals surface area contributed by atoms with Crippen LogP contribution in [0.15, 0.2) is 24.3 Å². The van der Waals surface area contributed by atoms with Crippen LogP contribution in [0.5, 0.6) is 0 Å². The number of nitrogens with zero attached hydrogens (tertiary/aromatic N) is 2. The molecule has 2 amide bonds. The van der Waals surface area contributed by atoms with Gasteiger partial charge in [-0.3, -0.25) is 14.5 Å². The predicted octanol–water partition coefficient (Wildman–Crippen LogP) is 1.96. The Balaban J connectivity index is 1.82. The van der Waals surface area contributed by atoms with Gasteiger partial charge in [0.05, 0.1) is 6.54 Å². The van der Waals surface area contributed by atoms with Crippen LogP contribution in [-0.2, 0) is 4.79 Å². The van der Waals surface area contributed by atoms with Crippen molar-refractivity contribution in [2.75, 3.05) is 32.7 Å². The highest BCUT2D eigenvalue weighted by Crippen LogP contribution is 2.12. The van der Waals surface area contributed by atoms with Crippen molar-refractivity contribution in [1.82, 2.24) is 15.1 Å². The molecule has 0 aliphatic carbocycles. The molecule has 2 rings (SSSR count). The molecule has 1 aromatic carbocycles. The van der Waals surface area contributed by atoms with Gasteiger partial charge in [0.15, 0.2) is 0 Å². The molecule has 0 spiro atoms. The maximum Gasteiger partial charge on any atom is 0.253 e. The summed E-state index contributed by atoms with van der Waals surface area (Å²) in [4.78, 5) is 28.4. The molecule has 6 heteroatoms. The van der Waals surface area contributed by atoms with Crippen LogP contribution in [-0.4, -0.2) is 60.4 Å². The molecule has 1 fully saturated rings. The van der Waals surface area contributed by atoms with Crippen molar-refractivity contribution in [3.63, 3.8) is 0 Å². The molecule has 0 bridgehead atoms. The lowest BCUT2D eigenvalue weighted by Gasteiger charge is -2.34. The van der Waals surface area contributed by atoms with Gasteiger partial charge in [0.2, 0.25) is 5.91 Å². The average Bonchev–Trinajstić information content (AvgIpc) is 2.54. The van der Waals surface area contributed by atoms with Gasteiger partial charge in [-0.15, -0.1) is 0 Å². The Morgan fingerprint density at radius 2 is 1.96 bits per heavy atom. The number of hydrogen-bond acceptors (Lipinski definition) is 3. The molecule has 126 valence electrons. The number of carbonyl (C=O) groups excluding carboxylic acids is 2. The first-order valence-electron chi connectivity index (χ1n) is 8.06. The highest BCUT2D eigenvalue weighted by Gasteiger charge is 2.23. The van der Waals surface area contributed by atoms with Crippen LogP contribution in [0.25, 0.3) is 0 Å². The highest BCUT2D eigenvalue weighted by molar-refractivity contribution is 14.1. The molecular weight excluding hydrogens is 405 g/mol. The molecule has 23 heavy (non-hydrogen) atoms. The van der Waals surface area contributed by atoms with E-state index in [1.165, 1.54) is 0 Å². The minimum Gasteiger partial charge on any atom is -0.353 e. The van der Waals surface area contributed by atoms with E-state index in [-0.39, 0.29) is 17.9 Å². The van der Waals surface area contributed by atoms with Gasteiger partial charge in [-0.25, -0.2) is 0 Å². The van der Waals surface area contributed by atoms with Gasteiger partial charge in [-0.1, -0.05) is 13.0 Å². The number of amides is 2. The zero-order valence-corrected chi connectivity index (χ0v) is 15.9. The Hall–Kier alpha value is -1.15. The summed E-state index contributed by atoms with van der Waals surface area (Å²) >= 11 is 2.22. The topological polar surface area (TPSA) is 52.7 Å². The van der Waals surface area contributed by atoms with Crippen molar-refractivity contribution < 1.29 is 9.59 Å². The molecule has 1 saturated heterocycles. The number of benzene rings is 1. The maximum atomic E-state index is 12.5. The Labute approximate surface area is 151 Å². The molecule has 0 radical (unpaired) electrons. The van der Waals surface area contributed by atoms with Gasteiger partial charge in [0.1, 0.15) is 0 Å². The van der Waals surface area contributed by atoms with Crippen molar-refractivity contribution in [2.24, 2.45) is 0 Å². The lowest BCUT2D eigenvalue weighted by molar-refractivity contribution is -0.123. The van der Waals surface area contributed by atoms with Gasteiger partial charge in [-0.2, -0.15) is 0 Å². The quantitative estimate of drug-likeness (QED) is 0.729. The summed E-state index contributed by atoms with van der Waals surface area (Å²) in [6.45, 7) is 7.29. The Kier molecular flexibility index (Phi) is 6.83. The number of carbonyl (C=O) groups is 2. The fourth-order valence-corrected chi connectivity index (χ4v) is 3.08. The average molecular weight is 429 g/mol. The summed E-state index contributed by atoms with van der Waals surface area (Å²) in [6, 6.07) is 7.87. The lowest BCUT2D eigenvalue weighted by atomic mass is 10.2. The minimum absolute atomic E-state index is 0.0664. The number of hydrogen-bond donors (Lipinski definition) is 1. The summed E-state index contributed by atoms with van der Waals surface area (Å²) in [5.41, 5.74) is 0.736. The van der Waals surface area contributed by atoms with Gasteiger partial charge in [-0.05, 0) is 54.1 Å². The van der Waals surface area contributed by atoms with E-state index in [1.54, 1.807) is 0 Å². The first kappa shape index (κ1) is 18.2. The Morgan fingerprint density at radius 1 is 1.26 bits per heavy atom. The molecule has 0 aromatic heterocycles. The zero-order valence-electron chi connectivity index (χ0n) is 13.7. The molecular formula is C17H24IN3O2. The van der Waals surface area contributed by atoms with Crippen LogP contribution >= 0.6 is 22.6 Å². The van der Waals surface area contributed by atoms with E-state index in [1.807, 2.05) is 36.1 Å². The third kappa shape index (κ3) is 5.46. The van der Waals surface area contributed by atoms with Crippen LogP contribution in [0, 0.1) is 3.57 Å². The third-order valence-electron chi connectivity index (χ3n) is 4.12. The number of nitrogens with one attached hydrogen (secondary N) is 1. The van der Waals surface area contributed by atoms with Crippen molar-refractivity contribution >= 4 is 34.4 Å². The normalized spacial score (nSPS) is 16.9. The summed E-state index contributed by atoms with van der Waals surface area (Å²) in [6.07, 6.45) is 0.934. The molecule has 1 aliphatic rings. The Morgan fingerprint density at radius 3 is 2.57 bits per heavy atom. The molecule has 1 aliphatic heterocycles.